The van der Waals surface area contributed by atoms with Crippen LogP contribution in [-0.2, 0) is 12.3 Å². The minimum absolute atomic E-state index is 0.626. The van der Waals surface area contributed by atoms with Crippen LogP contribution >= 0.6 is 11.8 Å². The molecule has 0 spiro atoms. The van der Waals surface area contributed by atoms with E-state index in [0.29, 0.717) is 11.6 Å². The van der Waals surface area contributed by atoms with E-state index < -0.39 is 0 Å². The number of hydrogen-bond acceptors (Lipinski definition) is 6. The summed E-state index contributed by atoms with van der Waals surface area (Å²) >= 11 is 1.61. The highest BCUT2D eigenvalue weighted by molar-refractivity contribution is 7.98. The maximum Gasteiger partial charge on any atom is 0.226 e. The first-order chi connectivity index (χ1) is 17.8. The molecule has 0 bridgehead atoms. The lowest BCUT2D eigenvalue weighted by atomic mass is 10.0. The SMILES string of the molecule is CCn1c(SCc2coc(-c3ccccc3)n2)nnc1-c1cc(-c2ccccc2)nc2ccccc12. The van der Waals surface area contributed by atoms with Gasteiger partial charge in [-0.3, -0.25) is 0 Å². The normalized spacial score (nSPS) is 11.2. The Morgan fingerprint density at radius 2 is 1.53 bits per heavy atom. The van der Waals surface area contributed by atoms with E-state index in [1.165, 1.54) is 0 Å². The fourth-order valence-electron chi connectivity index (χ4n) is 4.22. The molecule has 0 saturated heterocycles. The molecule has 0 atom stereocenters. The van der Waals surface area contributed by atoms with Crippen molar-refractivity contribution in [1.82, 2.24) is 24.7 Å². The molecule has 0 saturated carbocycles. The maximum atomic E-state index is 5.70. The van der Waals surface area contributed by atoms with E-state index in [9.17, 15) is 0 Å². The highest BCUT2D eigenvalue weighted by Crippen LogP contribution is 2.33. The third-order valence-corrected chi connectivity index (χ3v) is 6.98. The predicted molar refractivity (Wildman–Crippen MR) is 143 cm³/mol. The second kappa shape index (κ2) is 9.79. The van der Waals surface area contributed by atoms with Crippen LogP contribution in [0.5, 0.6) is 0 Å². The van der Waals surface area contributed by atoms with E-state index in [2.05, 4.69) is 50.9 Å². The Morgan fingerprint density at radius 1 is 0.806 bits per heavy atom. The summed E-state index contributed by atoms with van der Waals surface area (Å²) in [6.45, 7) is 2.86. The van der Waals surface area contributed by atoms with Gasteiger partial charge in [-0.2, -0.15) is 0 Å². The smallest absolute Gasteiger partial charge is 0.226 e. The molecule has 6 rings (SSSR count). The van der Waals surface area contributed by atoms with Crippen molar-refractivity contribution in [3.05, 3.63) is 103 Å². The van der Waals surface area contributed by atoms with Crippen LogP contribution in [0.1, 0.15) is 12.6 Å². The van der Waals surface area contributed by atoms with Gasteiger partial charge in [0.15, 0.2) is 11.0 Å². The van der Waals surface area contributed by atoms with Gasteiger partial charge in [0.25, 0.3) is 0 Å². The Balaban J connectivity index is 1.33. The molecule has 3 aromatic carbocycles. The summed E-state index contributed by atoms with van der Waals surface area (Å²) in [7, 11) is 0. The predicted octanol–water partition coefficient (Wildman–Crippen LogP) is 7.13. The summed E-state index contributed by atoms with van der Waals surface area (Å²) in [6.07, 6.45) is 1.71. The number of pyridine rings is 1. The molecule has 0 aliphatic carbocycles. The van der Waals surface area contributed by atoms with Crippen LogP contribution in [0, 0.1) is 0 Å². The summed E-state index contributed by atoms with van der Waals surface area (Å²) in [5, 5.41) is 11.1. The van der Waals surface area contributed by atoms with Crippen LogP contribution < -0.4 is 0 Å². The molecule has 0 unspecified atom stereocenters. The molecule has 6 aromatic rings. The third kappa shape index (κ3) is 4.29. The minimum Gasteiger partial charge on any atom is -0.444 e. The number of nitrogens with zero attached hydrogens (tertiary/aromatic N) is 5. The highest BCUT2D eigenvalue weighted by atomic mass is 32.2. The number of hydrogen-bond donors (Lipinski definition) is 0. The quantitative estimate of drug-likeness (QED) is 0.222. The monoisotopic (exact) mass is 489 g/mol. The molecule has 0 aliphatic heterocycles. The first-order valence-electron chi connectivity index (χ1n) is 11.8. The standard InChI is InChI=1S/C29H23N5OS/c1-2-34-27(24-17-26(20-11-5-3-6-12-20)31-25-16-10-9-15-23(24)25)32-33-29(34)36-19-22-18-35-28(30-22)21-13-7-4-8-14-21/h3-18H,2,19H2,1H3. The van der Waals surface area contributed by atoms with Crippen molar-refractivity contribution >= 4 is 22.7 Å². The fourth-order valence-corrected chi connectivity index (χ4v) is 5.10. The van der Waals surface area contributed by atoms with Crippen molar-refractivity contribution in [1.29, 1.82) is 0 Å². The van der Waals surface area contributed by atoms with Crippen LogP contribution in [-0.4, -0.2) is 24.7 Å². The van der Waals surface area contributed by atoms with Gasteiger partial charge in [0.05, 0.1) is 16.9 Å². The van der Waals surface area contributed by atoms with Crippen LogP contribution in [0.15, 0.2) is 107 Å². The first-order valence-corrected chi connectivity index (χ1v) is 12.8. The summed E-state index contributed by atoms with van der Waals surface area (Å²) < 4.78 is 7.85. The molecule has 7 heteroatoms. The summed E-state index contributed by atoms with van der Waals surface area (Å²) in [4.78, 5) is 9.56. The van der Waals surface area contributed by atoms with E-state index in [0.717, 1.165) is 56.5 Å². The lowest BCUT2D eigenvalue weighted by Gasteiger charge is -2.11. The first kappa shape index (κ1) is 22.2. The Labute approximate surface area is 213 Å². The molecule has 6 nitrogen and oxygen atoms in total. The third-order valence-electron chi connectivity index (χ3n) is 5.98. The highest BCUT2D eigenvalue weighted by Gasteiger charge is 2.18. The van der Waals surface area contributed by atoms with Crippen molar-refractivity contribution in [3.63, 3.8) is 0 Å². The average molecular weight is 490 g/mol. The number of aromatic nitrogens is 5. The fraction of sp³-hybridized carbons (Fsp3) is 0.103. The van der Waals surface area contributed by atoms with E-state index >= 15 is 0 Å². The van der Waals surface area contributed by atoms with Crippen LogP contribution in [0.25, 0.3) is 45.0 Å². The van der Waals surface area contributed by atoms with Crippen LogP contribution in [0.3, 0.4) is 0 Å². The molecular formula is C29H23N5OS. The molecule has 0 N–H and O–H groups in total. The van der Waals surface area contributed by atoms with Gasteiger partial charge in [-0.1, -0.05) is 78.5 Å². The van der Waals surface area contributed by atoms with E-state index in [-0.39, 0.29) is 0 Å². The molecule has 36 heavy (non-hydrogen) atoms. The Kier molecular flexibility index (Phi) is 6.05. The average Bonchev–Trinajstić information content (AvgIpc) is 3.59. The van der Waals surface area contributed by atoms with Gasteiger partial charge in [0.1, 0.15) is 6.26 Å². The van der Waals surface area contributed by atoms with Crippen molar-refractivity contribution in [3.8, 4) is 34.1 Å². The number of oxazole rings is 1. The molecule has 176 valence electrons. The van der Waals surface area contributed by atoms with Crippen molar-refractivity contribution in [2.24, 2.45) is 0 Å². The summed E-state index contributed by atoms with van der Waals surface area (Å²) in [6, 6.07) is 30.4. The maximum absolute atomic E-state index is 5.70. The van der Waals surface area contributed by atoms with Gasteiger partial charge < -0.3 is 8.98 Å². The van der Waals surface area contributed by atoms with Crippen LogP contribution in [0.4, 0.5) is 0 Å². The van der Waals surface area contributed by atoms with E-state index in [4.69, 9.17) is 9.40 Å². The number of para-hydroxylation sites is 1. The van der Waals surface area contributed by atoms with Crippen LogP contribution in [0.2, 0.25) is 0 Å². The van der Waals surface area contributed by atoms with Gasteiger partial charge in [0, 0.05) is 34.4 Å². The number of fused-ring (bicyclic) bond motifs is 1. The van der Waals surface area contributed by atoms with E-state index in [1.807, 2.05) is 66.7 Å². The second-order valence-electron chi connectivity index (χ2n) is 8.29. The molecule has 3 heterocycles. The summed E-state index contributed by atoms with van der Waals surface area (Å²) in [5.41, 5.74) is 5.78. The zero-order valence-electron chi connectivity index (χ0n) is 19.7. The molecule has 3 aromatic heterocycles. The molecule has 0 radical (unpaired) electrons. The topological polar surface area (TPSA) is 69.6 Å². The Hall–Kier alpha value is -4.23. The Morgan fingerprint density at radius 3 is 2.31 bits per heavy atom. The van der Waals surface area contributed by atoms with Gasteiger partial charge in [0.2, 0.25) is 5.89 Å². The van der Waals surface area contributed by atoms with Gasteiger partial charge >= 0.3 is 0 Å². The number of benzene rings is 3. The Bertz CT molecular complexity index is 1630. The zero-order chi connectivity index (χ0) is 24.3. The van der Waals surface area contributed by atoms with Gasteiger partial charge in [-0.25, -0.2) is 9.97 Å². The van der Waals surface area contributed by atoms with Gasteiger partial charge in [-0.05, 0) is 31.2 Å². The lowest BCUT2D eigenvalue weighted by Crippen LogP contribution is -2.01. The van der Waals surface area contributed by atoms with Crippen molar-refractivity contribution in [2.45, 2.75) is 24.4 Å². The number of rotatable bonds is 7. The number of thioether (sulfide) groups is 1. The molecule has 0 amide bonds. The van der Waals surface area contributed by atoms with Gasteiger partial charge in [-0.15, -0.1) is 10.2 Å². The van der Waals surface area contributed by atoms with E-state index in [1.54, 1.807) is 18.0 Å². The molecule has 0 aliphatic rings. The molecule has 0 fully saturated rings. The zero-order valence-corrected chi connectivity index (χ0v) is 20.5. The lowest BCUT2D eigenvalue weighted by molar-refractivity contribution is 0.573. The second-order valence-corrected chi connectivity index (χ2v) is 9.23. The van der Waals surface area contributed by atoms with Crippen molar-refractivity contribution in [2.75, 3.05) is 0 Å². The van der Waals surface area contributed by atoms with Crippen molar-refractivity contribution < 1.29 is 4.42 Å². The largest absolute Gasteiger partial charge is 0.444 e. The molecular weight excluding hydrogens is 466 g/mol. The summed E-state index contributed by atoms with van der Waals surface area (Å²) in [5.74, 6) is 2.10. The minimum atomic E-state index is 0.626.